The molecule has 0 radical (unpaired) electrons. The second-order valence-corrected chi connectivity index (χ2v) is 7.59. The third-order valence-corrected chi connectivity index (χ3v) is 4.27. The zero-order valence-electron chi connectivity index (χ0n) is 13.6. The highest BCUT2D eigenvalue weighted by Crippen LogP contribution is 2.40. The molecule has 1 aliphatic rings. The number of benzene rings is 1. The van der Waals surface area contributed by atoms with E-state index in [9.17, 15) is 0 Å². The normalized spacial score (nSPS) is 15.1. The Balaban J connectivity index is 2.54. The minimum Gasteiger partial charge on any atom is -0.0598 e. The molecule has 0 atom stereocenters. The molecule has 0 fully saturated rings. The maximum Gasteiger partial charge on any atom is -0.00524 e. The van der Waals surface area contributed by atoms with Crippen LogP contribution in [0.1, 0.15) is 82.6 Å². The minimum absolute atomic E-state index is 0.283. The van der Waals surface area contributed by atoms with Gasteiger partial charge in [-0.15, -0.1) is 0 Å². The van der Waals surface area contributed by atoms with E-state index < -0.39 is 0 Å². The predicted octanol–water partition coefficient (Wildman–Crippen LogP) is 5.92. The lowest BCUT2D eigenvalue weighted by Gasteiger charge is -2.20. The van der Waals surface area contributed by atoms with Crippen LogP contribution in [0.15, 0.2) is 17.7 Å². The SMILES string of the molecule is CC(C)c1cc2c(c(C(C)C)c1)C=C(C(C)(C)C)C2. The van der Waals surface area contributed by atoms with Gasteiger partial charge in [0, 0.05) is 0 Å². The molecule has 0 bridgehead atoms. The highest BCUT2D eigenvalue weighted by atomic mass is 14.3. The summed E-state index contributed by atoms with van der Waals surface area (Å²) in [6.07, 6.45) is 3.59. The van der Waals surface area contributed by atoms with Crippen molar-refractivity contribution in [1.82, 2.24) is 0 Å². The summed E-state index contributed by atoms with van der Waals surface area (Å²) in [7, 11) is 0. The fourth-order valence-corrected chi connectivity index (χ4v) is 2.81. The van der Waals surface area contributed by atoms with Crippen molar-refractivity contribution < 1.29 is 0 Å². The van der Waals surface area contributed by atoms with Crippen molar-refractivity contribution in [2.75, 3.05) is 0 Å². The number of allylic oxidation sites excluding steroid dienone is 1. The van der Waals surface area contributed by atoms with E-state index in [4.69, 9.17) is 0 Å². The van der Waals surface area contributed by atoms with Crippen molar-refractivity contribution in [3.63, 3.8) is 0 Å². The Morgan fingerprint density at radius 1 is 0.947 bits per heavy atom. The van der Waals surface area contributed by atoms with Gasteiger partial charge in [-0.1, -0.05) is 72.2 Å². The highest BCUT2D eigenvalue weighted by Gasteiger charge is 2.25. The molecule has 0 amide bonds. The minimum atomic E-state index is 0.283. The van der Waals surface area contributed by atoms with Gasteiger partial charge in [-0.05, 0) is 45.9 Å². The van der Waals surface area contributed by atoms with Crippen molar-refractivity contribution in [2.45, 2.75) is 66.7 Å². The van der Waals surface area contributed by atoms with Gasteiger partial charge in [-0.25, -0.2) is 0 Å². The lowest BCUT2D eigenvalue weighted by atomic mass is 9.85. The van der Waals surface area contributed by atoms with E-state index in [0.717, 1.165) is 6.42 Å². The summed E-state index contributed by atoms with van der Waals surface area (Å²) < 4.78 is 0. The largest absolute Gasteiger partial charge is 0.0598 e. The monoisotopic (exact) mass is 256 g/mol. The van der Waals surface area contributed by atoms with Gasteiger partial charge in [0.05, 0.1) is 0 Å². The number of hydrogen-bond acceptors (Lipinski definition) is 0. The lowest BCUT2D eigenvalue weighted by Crippen LogP contribution is -2.08. The van der Waals surface area contributed by atoms with Crippen LogP contribution in [0.25, 0.3) is 6.08 Å². The third-order valence-electron chi connectivity index (χ3n) is 4.27. The standard InChI is InChI=1S/C19H28/c1-12(2)14-8-15-9-16(19(5,6)7)11-18(15)17(10-14)13(3)4/h8,10-13H,9H2,1-7H3. The van der Waals surface area contributed by atoms with E-state index in [1.807, 2.05) is 0 Å². The zero-order valence-corrected chi connectivity index (χ0v) is 13.6. The number of hydrogen-bond donors (Lipinski definition) is 0. The summed E-state index contributed by atoms with van der Waals surface area (Å²) in [6, 6.07) is 4.86. The first-order valence-electron chi connectivity index (χ1n) is 7.58. The summed E-state index contributed by atoms with van der Waals surface area (Å²) in [5, 5.41) is 0. The van der Waals surface area contributed by atoms with Crippen LogP contribution < -0.4 is 0 Å². The molecule has 19 heavy (non-hydrogen) atoms. The van der Waals surface area contributed by atoms with Crippen LogP contribution in [-0.4, -0.2) is 0 Å². The number of fused-ring (bicyclic) bond motifs is 1. The molecule has 0 saturated carbocycles. The molecule has 1 aromatic carbocycles. The molecule has 0 spiro atoms. The van der Waals surface area contributed by atoms with Gasteiger partial charge in [0.15, 0.2) is 0 Å². The second kappa shape index (κ2) is 4.81. The molecule has 0 aliphatic heterocycles. The van der Waals surface area contributed by atoms with Gasteiger partial charge in [0.1, 0.15) is 0 Å². The zero-order chi connectivity index (χ0) is 14.4. The topological polar surface area (TPSA) is 0 Å². The Kier molecular flexibility index (Phi) is 3.64. The third kappa shape index (κ3) is 2.78. The molecule has 0 aromatic heterocycles. The quantitative estimate of drug-likeness (QED) is 0.616. The van der Waals surface area contributed by atoms with Crippen LogP contribution in [0.2, 0.25) is 0 Å². The van der Waals surface area contributed by atoms with E-state index >= 15 is 0 Å². The van der Waals surface area contributed by atoms with Crippen LogP contribution in [0, 0.1) is 5.41 Å². The molecular formula is C19H28. The van der Waals surface area contributed by atoms with Gasteiger partial charge in [-0.2, -0.15) is 0 Å². The summed E-state index contributed by atoms with van der Waals surface area (Å²) in [4.78, 5) is 0. The Morgan fingerprint density at radius 2 is 1.58 bits per heavy atom. The van der Waals surface area contributed by atoms with Crippen LogP contribution >= 0.6 is 0 Å². The Hall–Kier alpha value is -1.04. The van der Waals surface area contributed by atoms with E-state index in [1.165, 1.54) is 16.7 Å². The van der Waals surface area contributed by atoms with Gasteiger partial charge >= 0.3 is 0 Å². The molecule has 0 saturated heterocycles. The molecule has 0 unspecified atom stereocenters. The smallest absolute Gasteiger partial charge is 0.00524 e. The summed E-state index contributed by atoms with van der Waals surface area (Å²) in [6.45, 7) is 16.2. The van der Waals surface area contributed by atoms with Crippen LogP contribution in [0.4, 0.5) is 0 Å². The maximum absolute atomic E-state index is 2.45. The Labute approximate surface area is 118 Å². The fraction of sp³-hybridized carbons (Fsp3) is 0.579. The Morgan fingerprint density at radius 3 is 2.05 bits per heavy atom. The molecule has 104 valence electrons. The van der Waals surface area contributed by atoms with Crippen molar-refractivity contribution in [3.05, 3.63) is 40.0 Å². The van der Waals surface area contributed by atoms with E-state index in [0.29, 0.717) is 11.8 Å². The van der Waals surface area contributed by atoms with Crippen molar-refractivity contribution in [1.29, 1.82) is 0 Å². The first-order valence-corrected chi connectivity index (χ1v) is 7.58. The molecular weight excluding hydrogens is 228 g/mol. The predicted molar refractivity (Wildman–Crippen MR) is 85.8 cm³/mol. The van der Waals surface area contributed by atoms with Crippen molar-refractivity contribution in [3.8, 4) is 0 Å². The summed E-state index contributed by atoms with van der Waals surface area (Å²) >= 11 is 0. The highest BCUT2D eigenvalue weighted by molar-refractivity contribution is 5.69. The van der Waals surface area contributed by atoms with Crippen LogP contribution in [0.5, 0.6) is 0 Å². The van der Waals surface area contributed by atoms with Gasteiger partial charge in [0.2, 0.25) is 0 Å². The number of rotatable bonds is 2. The van der Waals surface area contributed by atoms with Gasteiger partial charge < -0.3 is 0 Å². The van der Waals surface area contributed by atoms with Crippen LogP contribution in [0.3, 0.4) is 0 Å². The molecule has 1 aliphatic carbocycles. The fourth-order valence-electron chi connectivity index (χ4n) is 2.81. The molecule has 2 rings (SSSR count). The average molecular weight is 256 g/mol. The Bertz CT molecular complexity index is 508. The molecule has 1 aromatic rings. The van der Waals surface area contributed by atoms with Crippen molar-refractivity contribution >= 4 is 6.08 Å². The average Bonchev–Trinajstić information content (AvgIpc) is 2.70. The second-order valence-electron chi connectivity index (χ2n) is 7.59. The summed E-state index contributed by atoms with van der Waals surface area (Å²) in [5.74, 6) is 1.21. The summed E-state index contributed by atoms with van der Waals surface area (Å²) in [5.41, 5.74) is 7.92. The van der Waals surface area contributed by atoms with E-state index in [-0.39, 0.29) is 5.41 Å². The first-order chi connectivity index (χ1) is 8.70. The van der Waals surface area contributed by atoms with Crippen molar-refractivity contribution in [2.24, 2.45) is 5.41 Å². The molecule has 0 nitrogen and oxygen atoms in total. The molecule has 0 heteroatoms. The first kappa shape index (κ1) is 14.4. The van der Waals surface area contributed by atoms with Gasteiger partial charge in [0.25, 0.3) is 0 Å². The van der Waals surface area contributed by atoms with E-state index in [1.54, 1.807) is 11.1 Å². The molecule has 0 N–H and O–H groups in total. The van der Waals surface area contributed by atoms with E-state index in [2.05, 4.69) is 66.7 Å². The lowest BCUT2D eigenvalue weighted by molar-refractivity contribution is 0.498. The van der Waals surface area contributed by atoms with Gasteiger partial charge in [-0.3, -0.25) is 0 Å². The van der Waals surface area contributed by atoms with Crippen LogP contribution in [-0.2, 0) is 6.42 Å². The maximum atomic E-state index is 2.45. The molecule has 0 heterocycles.